The second kappa shape index (κ2) is 11.5. The number of carbonyl (C=O) groups is 1. The first kappa shape index (κ1) is 32.8. The Bertz CT molecular complexity index is 2010. The number of hydrogen-bond donors (Lipinski definition) is 5. The number of nitrogens with zero attached hydrogens (tertiary/aromatic N) is 2. The van der Waals surface area contributed by atoms with E-state index in [-0.39, 0.29) is 48.2 Å². The number of hydrogen-bond acceptors (Lipinski definition) is 14. The molecule has 0 amide bonds. The Hall–Kier alpha value is -4.08. The molecule has 3 aromatic rings. The summed E-state index contributed by atoms with van der Waals surface area (Å²) in [5.74, 6) is 1.32. The molecule has 10 rings (SSSR count). The smallest absolute Gasteiger partial charge is 0.331 e. The summed E-state index contributed by atoms with van der Waals surface area (Å²) in [6.07, 6.45) is 0.0426. The van der Waals surface area contributed by atoms with Gasteiger partial charge in [0.2, 0.25) is 6.79 Å². The van der Waals surface area contributed by atoms with Gasteiger partial charge in [0.15, 0.2) is 40.0 Å². The van der Waals surface area contributed by atoms with Gasteiger partial charge in [0.05, 0.1) is 37.6 Å². The predicted octanol–water partition coefficient (Wildman–Crippen LogP) is 3.19. The fraction of sp³-hybridized carbons (Fsp3) is 0.486. The summed E-state index contributed by atoms with van der Waals surface area (Å²) in [4.78, 5) is 18.7. The van der Waals surface area contributed by atoms with Gasteiger partial charge in [-0.15, -0.1) is 11.8 Å². The molecule has 7 heterocycles. The van der Waals surface area contributed by atoms with Gasteiger partial charge >= 0.3 is 5.97 Å². The van der Waals surface area contributed by atoms with E-state index in [1.54, 1.807) is 26.2 Å². The molecule has 1 spiro atoms. The molecule has 0 aliphatic carbocycles. The SMILES string of the molecule is COc1cc2c(cc1O)CCN[C@]21CS[C@@H]2c3c(O)c(C)c4c(c3[C@H](COC1=O)N1C2[C@H]2c3c(cc(C)c(OC)c3O)C[C@H]([C@@H]1O)N2C)OCO4. The van der Waals surface area contributed by atoms with E-state index in [9.17, 15) is 25.2 Å². The normalized spacial score (nSPS) is 30.6. The van der Waals surface area contributed by atoms with Gasteiger partial charge in [0, 0.05) is 40.6 Å². The first-order valence-corrected chi connectivity index (χ1v) is 18.2. The van der Waals surface area contributed by atoms with Gasteiger partial charge in [0.1, 0.15) is 18.6 Å². The van der Waals surface area contributed by atoms with E-state index in [2.05, 4.69) is 10.2 Å². The maximum atomic E-state index is 14.6. The minimum Gasteiger partial charge on any atom is -0.507 e. The van der Waals surface area contributed by atoms with Crippen LogP contribution in [-0.4, -0.2) is 101 Å². The van der Waals surface area contributed by atoms with Crippen LogP contribution in [-0.2, 0) is 27.9 Å². The number of phenols is 3. The Kier molecular flexibility index (Phi) is 7.37. The number of methoxy groups -OCH3 is 2. The lowest BCUT2D eigenvalue weighted by atomic mass is 9.73. The quantitative estimate of drug-likeness (QED) is 0.246. The third kappa shape index (κ3) is 4.28. The summed E-state index contributed by atoms with van der Waals surface area (Å²) in [5, 5.41) is 50.1. The number of piperazine rings is 1. The lowest BCUT2D eigenvalue weighted by molar-refractivity contribution is -0.186. The van der Waals surface area contributed by atoms with Crippen LogP contribution in [0.25, 0.3) is 0 Å². The number of phenolic OH excluding ortho intramolecular Hbond substituents is 3. The number of rotatable bonds is 2. The van der Waals surface area contributed by atoms with E-state index >= 15 is 0 Å². The number of aliphatic hydroxyl groups excluding tert-OH is 1. The number of aromatic hydroxyl groups is 3. The topological polar surface area (TPSA) is 163 Å². The highest BCUT2D eigenvalue weighted by molar-refractivity contribution is 7.99. The van der Waals surface area contributed by atoms with E-state index in [0.717, 1.165) is 16.7 Å². The van der Waals surface area contributed by atoms with Gasteiger partial charge in [-0.2, -0.15) is 0 Å². The number of aryl methyl sites for hydroxylation is 1. The highest BCUT2D eigenvalue weighted by Crippen LogP contribution is 2.64. The predicted molar refractivity (Wildman–Crippen MR) is 185 cm³/mol. The summed E-state index contributed by atoms with van der Waals surface area (Å²) >= 11 is 1.47. The summed E-state index contributed by atoms with van der Waals surface area (Å²) in [6, 6.07) is 3.30. The molecule has 2 fully saturated rings. The van der Waals surface area contributed by atoms with Gasteiger partial charge in [-0.3, -0.25) is 15.1 Å². The number of ether oxygens (including phenoxy) is 5. The fourth-order valence-electron chi connectivity index (χ4n) is 9.74. The van der Waals surface area contributed by atoms with Crippen LogP contribution in [0.1, 0.15) is 61.8 Å². The van der Waals surface area contributed by atoms with Crippen molar-refractivity contribution >= 4 is 17.7 Å². The number of aliphatic hydroxyl groups is 1. The molecular formula is C37H41N3O10S. The number of fused-ring (bicyclic) bond motifs is 9. The molecule has 0 radical (unpaired) electrons. The van der Waals surface area contributed by atoms with E-state index in [4.69, 9.17) is 23.7 Å². The fourth-order valence-corrected chi connectivity index (χ4v) is 11.4. The van der Waals surface area contributed by atoms with Crippen molar-refractivity contribution in [3.63, 3.8) is 0 Å². The monoisotopic (exact) mass is 719 g/mol. The number of esters is 1. The Morgan fingerprint density at radius 2 is 1.76 bits per heavy atom. The van der Waals surface area contributed by atoms with E-state index in [0.29, 0.717) is 64.5 Å². The third-order valence-electron chi connectivity index (χ3n) is 12.0. The van der Waals surface area contributed by atoms with Crippen LogP contribution in [0.5, 0.6) is 40.2 Å². The largest absolute Gasteiger partial charge is 0.507 e. The van der Waals surface area contributed by atoms with Crippen molar-refractivity contribution in [1.29, 1.82) is 0 Å². The molecule has 1 unspecified atom stereocenters. The summed E-state index contributed by atoms with van der Waals surface area (Å²) in [7, 11) is 4.97. The molecule has 4 bridgehead atoms. The van der Waals surface area contributed by atoms with Crippen molar-refractivity contribution in [2.45, 2.75) is 67.9 Å². The van der Waals surface area contributed by atoms with Crippen molar-refractivity contribution < 1.29 is 48.9 Å². The molecule has 270 valence electrons. The van der Waals surface area contributed by atoms with Crippen molar-refractivity contribution in [2.24, 2.45) is 0 Å². The molecule has 7 aliphatic heterocycles. The zero-order valence-electron chi connectivity index (χ0n) is 29.0. The Morgan fingerprint density at radius 1 is 0.980 bits per heavy atom. The minimum atomic E-state index is -1.32. The third-order valence-corrected chi connectivity index (χ3v) is 13.5. The maximum absolute atomic E-state index is 14.6. The minimum absolute atomic E-state index is 0.00972. The summed E-state index contributed by atoms with van der Waals surface area (Å²) in [6.45, 7) is 3.96. The van der Waals surface area contributed by atoms with Crippen LogP contribution in [0.3, 0.4) is 0 Å². The lowest BCUT2D eigenvalue weighted by Gasteiger charge is -2.62. The molecule has 0 aromatic heterocycles. The molecule has 51 heavy (non-hydrogen) atoms. The summed E-state index contributed by atoms with van der Waals surface area (Å²) in [5.41, 5.74) is 4.38. The molecule has 14 heteroatoms. The zero-order chi connectivity index (χ0) is 35.7. The molecule has 0 saturated carbocycles. The number of nitrogens with one attached hydrogen (secondary N) is 1. The van der Waals surface area contributed by atoms with E-state index in [1.807, 2.05) is 24.9 Å². The number of carbonyl (C=O) groups excluding carboxylic acids is 1. The zero-order valence-corrected chi connectivity index (χ0v) is 29.8. The Labute approximate surface area is 299 Å². The Morgan fingerprint density at radius 3 is 2.53 bits per heavy atom. The van der Waals surface area contributed by atoms with E-state index in [1.165, 1.54) is 18.9 Å². The molecule has 13 nitrogen and oxygen atoms in total. The van der Waals surface area contributed by atoms with Crippen LogP contribution >= 0.6 is 11.8 Å². The molecular weight excluding hydrogens is 678 g/mol. The van der Waals surface area contributed by atoms with Gasteiger partial charge in [-0.05, 0) is 68.1 Å². The van der Waals surface area contributed by atoms with Crippen LogP contribution < -0.4 is 24.3 Å². The van der Waals surface area contributed by atoms with Crippen molar-refractivity contribution in [3.8, 4) is 40.2 Å². The molecule has 7 aliphatic rings. The highest BCUT2D eigenvalue weighted by Gasteiger charge is 2.61. The first-order valence-electron chi connectivity index (χ1n) is 17.2. The number of benzene rings is 3. The molecule has 7 atom stereocenters. The molecule has 3 aromatic carbocycles. The molecule has 5 N–H and O–H groups in total. The summed E-state index contributed by atoms with van der Waals surface area (Å²) < 4.78 is 29.5. The highest BCUT2D eigenvalue weighted by atomic mass is 32.2. The van der Waals surface area contributed by atoms with Crippen molar-refractivity contribution in [3.05, 3.63) is 62.7 Å². The maximum Gasteiger partial charge on any atom is 0.331 e. The van der Waals surface area contributed by atoms with Gasteiger partial charge < -0.3 is 44.1 Å². The van der Waals surface area contributed by atoms with Crippen LogP contribution in [0.4, 0.5) is 0 Å². The van der Waals surface area contributed by atoms with Gasteiger partial charge in [-0.1, -0.05) is 6.07 Å². The Balaban J connectivity index is 1.29. The first-order chi connectivity index (χ1) is 24.5. The van der Waals surface area contributed by atoms with Crippen LogP contribution in [0, 0.1) is 13.8 Å². The van der Waals surface area contributed by atoms with E-state index < -0.39 is 41.1 Å². The van der Waals surface area contributed by atoms with Crippen molar-refractivity contribution in [2.75, 3.05) is 47.0 Å². The van der Waals surface area contributed by atoms with Gasteiger partial charge in [0.25, 0.3) is 0 Å². The van der Waals surface area contributed by atoms with Crippen LogP contribution in [0.2, 0.25) is 0 Å². The average molecular weight is 720 g/mol. The van der Waals surface area contributed by atoms with Gasteiger partial charge in [-0.25, -0.2) is 4.79 Å². The lowest BCUT2D eigenvalue weighted by Crippen LogP contribution is -2.70. The average Bonchev–Trinajstić information content (AvgIpc) is 3.60. The second-order valence-electron chi connectivity index (χ2n) is 14.4. The molecule has 2 saturated heterocycles. The number of thioether (sulfide) groups is 1. The van der Waals surface area contributed by atoms with Crippen LogP contribution in [0.15, 0.2) is 18.2 Å². The number of likely N-dealkylation sites (N-methyl/N-ethyl adjacent to an activating group) is 1. The second-order valence-corrected chi connectivity index (χ2v) is 15.5. The van der Waals surface area contributed by atoms with Crippen molar-refractivity contribution in [1.82, 2.24) is 15.1 Å². The standard InChI is InChI=1S/C37H41N3O10S/c1-15-8-18-9-20-35(44)40-21-12-48-36(45)37(19-11-23(46-4)22(41)10-17(19)6-7-38-37)13-51-34(26-25(21)33-32(49-14-50-33)16(2)29(26)42)28(40)27(39(20)3)24(18)30(43)31(15)47-5/h8,10-11,20-21,27-28,34-35,38,41-44H,6-7,9,12-14H2,1-5H3/t20-,21+,27-,28?,34-,35+,37-/m1/s1.